The van der Waals surface area contributed by atoms with Crippen molar-refractivity contribution in [2.24, 2.45) is 4.99 Å². The van der Waals surface area contributed by atoms with E-state index in [1.54, 1.807) is 6.92 Å². The van der Waals surface area contributed by atoms with Crippen LogP contribution in [0.25, 0.3) is 0 Å². The Labute approximate surface area is 163 Å². The van der Waals surface area contributed by atoms with Crippen molar-refractivity contribution in [2.75, 3.05) is 0 Å². The number of aliphatic imine (C=N–C) groups is 1. The summed E-state index contributed by atoms with van der Waals surface area (Å²) in [5.41, 5.74) is 3.96. The number of pyridine rings is 1. The van der Waals surface area contributed by atoms with Gasteiger partial charge in [-0.2, -0.15) is 5.26 Å². The van der Waals surface area contributed by atoms with Gasteiger partial charge in [-0.25, -0.2) is 0 Å². The van der Waals surface area contributed by atoms with Crippen molar-refractivity contribution in [3.63, 3.8) is 0 Å². The summed E-state index contributed by atoms with van der Waals surface area (Å²) in [6, 6.07) is 17.2. The fourth-order valence-corrected chi connectivity index (χ4v) is 3.18. The van der Waals surface area contributed by atoms with Crippen molar-refractivity contribution < 1.29 is 5.11 Å². The molecule has 1 heterocycles. The van der Waals surface area contributed by atoms with Gasteiger partial charge < -0.3 is 5.11 Å². The molecule has 0 saturated carbocycles. The largest absolute Gasteiger partial charge is 0.494 e. The van der Waals surface area contributed by atoms with Gasteiger partial charge >= 0.3 is 0 Å². The lowest BCUT2D eigenvalue weighted by Crippen LogP contribution is -2.25. The quantitative estimate of drug-likeness (QED) is 0.700. The van der Waals surface area contributed by atoms with E-state index in [1.165, 1.54) is 10.8 Å². The third-order valence-corrected chi connectivity index (χ3v) is 4.79. The zero-order valence-electron chi connectivity index (χ0n) is 16.1. The van der Waals surface area contributed by atoms with E-state index in [1.807, 2.05) is 68.4 Å². The Kier molecular flexibility index (Phi) is 5.42. The molecule has 1 aromatic heterocycles. The molecule has 3 rings (SSSR count). The molecule has 140 valence electrons. The van der Waals surface area contributed by atoms with Gasteiger partial charge in [0, 0.05) is 6.21 Å². The lowest BCUT2D eigenvalue weighted by Gasteiger charge is -2.14. The van der Waals surface area contributed by atoms with Crippen molar-refractivity contribution in [1.29, 1.82) is 5.26 Å². The Bertz CT molecular complexity index is 1130. The highest BCUT2D eigenvalue weighted by Crippen LogP contribution is 2.25. The molecular formula is C23H21N3O2. The van der Waals surface area contributed by atoms with Crippen LogP contribution < -0.4 is 5.56 Å². The molecule has 0 unspecified atom stereocenters. The van der Waals surface area contributed by atoms with Gasteiger partial charge in [-0.1, -0.05) is 48.5 Å². The molecule has 0 saturated heterocycles. The van der Waals surface area contributed by atoms with Gasteiger partial charge in [0.05, 0.1) is 17.8 Å². The number of nitrogens with zero attached hydrogens (tertiary/aromatic N) is 3. The minimum atomic E-state index is -0.509. The van der Waals surface area contributed by atoms with Crippen molar-refractivity contribution >= 4 is 11.9 Å². The van der Waals surface area contributed by atoms with Crippen LogP contribution in [0.2, 0.25) is 0 Å². The number of hydrogen-bond donors (Lipinski definition) is 1. The van der Waals surface area contributed by atoms with Crippen LogP contribution in [-0.2, 0) is 6.54 Å². The third kappa shape index (κ3) is 3.58. The minimum Gasteiger partial charge on any atom is -0.494 e. The second-order valence-electron chi connectivity index (χ2n) is 6.72. The van der Waals surface area contributed by atoms with Gasteiger partial charge in [-0.05, 0) is 43.0 Å². The predicted molar refractivity (Wildman–Crippen MR) is 111 cm³/mol. The fraction of sp³-hybridized carbons (Fsp3) is 0.174. The standard InChI is InChI=1S/C23H21N3O2/c1-15-8-7-9-16(2)21(15)25-13-20-17(3)19(12-24)22(27)26(23(20)28)14-18-10-5-4-6-11-18/h4-11,13,28H,14H2,1-3H3. The molecule has 0 fully saturated rings. The summed E-state index contributed by atoms with van der Waals surface area (Å²) < 4.78 is 1.22. The Morgan fingerprint density at radius 3 is 2.32 bits per heavy atom. The van der Waals surface area contributed by atoms with E-state index in [0.717, 1.165) is 22.4 Å². The molecular weight excluding hydrogens is 350 g/mol. The third-order valence-electron chi connectivity index (χ3n) is 4.79. The first-order chi connectivity index (χ1) is 13.4. The molecule has 2 aromatic carbocycles. The van der Waals surface area contributed by atoms with Crippen LogP contribution >= 0.6 is 0 Å². The Balaban J connectivity index is 2.16. The summed E-state index contributed by atoms with van der Waals surface area (Å²) in [6.45, 7) is 5.75. The first kappa shape index (κ1) is 19.1. The van der Waals surface area contributed by atoms with E-state index in [4.69, 9.17) is 0 Å². The van der Waals surface area contributed by atoms with E-state index < -0.39 is 5.56 Å². The summed E-state index contributed by atoms with van der Waals surface area (Å²) in [5.74, 6) is -0.194. The number of benzene rings is 2. The molecule has 0 bridgehead atoms. The zero-order valence-corrected chi connectivity index (χ0v) is 16.1. The second kappa shape index (κ2) is 7.93. The van der Waals surface area contributed by atoms with Gasteiger partial charge in [-0.3, -0.25) is 14.4 Å². The molecule has 0 aliphatic rings. The first-order valence-electron chi connectivity index (χ1n) is 8.94. The summed E-state index contributed by atoms with van der Waals surface area (Å²) in [7, 11) is 0. The van der Waals surface area contributed by atoms with E-state index in [9.17, 15) is 15.2 Å². The van der Waals surface area contributed by atoms with Gasteiger partial charge in [-0.15, -0.1) is 0 Å². The number of aromatic nitrogens is 1. The van der Waals surface area contributed by atoms with Crippen LogP contribution in [0, 0.1) is 32.1 Å². The van der Waals surface area contributed by atoms with Gasteiger partial charge in [0.25, 0.3) is 5.56 Å². The maximum absolute atomic E-state index is 12.7. The number of aromatic hydroxyl groups is 1. The molecule has 0 radical (unpaired) electrons. The molecule has 5 heteroatoms. The molecule has 28 heavy (non-hydrogen) atoms. The number of aryl methyl sites for hydroxylation is 2. The average molecular weight is 371 g/mol. The van der Waals surface area contributed by atoms with E-state index in [2.05, 4.69) is 4.99 Å². The highest BCUT2D eigenvalue weighted by atomic mass is 16.3. The molecule has 0 spiro atoms. The number of nitriles is 1. The Morgan fingerprint density at radius 2 is 1.71 bits per heavy atom. The van der Waals surface area contributed by atoms with Crippen LogP contribution in [0.1, 0.15) is 33.4 Å². The van der Waals surface area contributed by atoms with E-state index >= 15 is 0 Å². The highest BCUT2D eigenvalue weighted by molar-refractivity contribution is 5.88. The molecule has 0 atom stereocenters. The van der Waals surface area contributed by atoms with Crippen molar-refractivity contribution in [1.82, 2.24) is 4.57 Å². The zero-order chi connectivity index (χ0) is 20.3. The van der Waals surface area contributed by atoms with Crippen LogP contribution in [0.15, 0.2) is 58.3 Å². The Morgan fingerprint density at radius 1 is 1.07 bits per heavy atom. The van der Waals surface area contributed by atoms with Crippen molar-refractivity contribution in [2.45, 2.75) is 27.3 Å². The molecule has 5 nitrogen and oxygen atoms in total. The Hall–Kier alpha value is -3.65. The SMILES string of the molecule is Cc1cccc(C)c1N=Cc1c(C)c(C#N)c(=O)n(Cc2ccccc2)c1O. The minimum absolute atomic E-state index is 0.0108. The average Bonchev–Trinajstić information content (AvgIpc) is 2.68. The van der Waals surface area contributed by atoms with Crippen molar-refractivity contribution in [3.8, 4) is 11.9 Å². The lowest BCUT2D eigenvalue weighted by molar-refractivity contribution is 0.413. The molecule has 0 aliphatic carbocycles. The van der Waals surface area contributed by atoms with Gasteiger partial charge in [0.2, 0.25) is 5.88 Å². The molecule has 0 aliphatic heterocycles. The van der Waals surface area contributed by atoms with Crippen LogP contribution in [0.3, 0.4) is 0 Å². The monoisotopic (exact) mass is 371 g/mol. The van der Waals surface area contributed by atoms with Crippen molar-refractivity contribution in [3.05, 3.63) is 92.3 Å². The predicted octanol–water partition coefficient (Wildman–Crippen LogP) is 4.15. The van der Waals surface area contributed by atoms with Gasteiger partial charge in [0.1, 0.15) is 11.6 Å². The maximum atomic E-state index is 12.7. The summed E-state index contributed by atoms with van der Waals surface area (Å²) in [5, 5.41) is 20.3. The molecule has 1 N–H and O–H groups in total. The smallest absolute Gasteiger partial charge is 0.271 e. The first-order valence-corrected chi connectivity index (χ1v) is 8.94. The normalized spacial score (nSPS) is 10.9. The second-order valence-corrected chi connectivity index (χ2v) is 6.72. The van der Waals surface area contributed by atoms with Crippen LogP contribution in [0.5, 0.6) is 5.88 Å². The highest BCUT2D eigenvalue weighted by Gasteiger charge is 2.18. The van der Waals surface area contributed by atoms with Gasteiger partial charge in [0.15, 0.2) is 0 Å². The van der Waals surface area contributed by atoms with E-state index in [0.29, 0.717) is 11.1 Å². The number of rotatable bonds is 4. The van der Waals surface area contributed by atoms with Crippen LogP contribution in [-0.4, -0.2) is 15.9 Å². The fourth-order valence-electron chi connectivity index (χ4n) is 3.18. The maximum Gasteiger partial charge on any atom is 0.271 e. The lowest BCUT2D eigenvalue weighted by atomic mass is 10.1. The van der Waals surface area contributed by atoms with E-state index in [-0.39, 0.29) is 18.0 Å². The van der Waals surface area contributed by atoms with Crippen LogP contribution in [0.4, 0.5) is 5.69 Å². The molecule has 0 amide bonds. The summed E-state index contributed by atoms with van der Waals surface area (Å²) in [4.78, 5) is 17.3. The molecule has 3 aromatic rings. The number of para-hydroxylation sites is 1. The topological polar surface area (TPSA) is 78.4 Å². The summed E-state index contributed by atoms with van der Waals surface area (Å²) in [6.07, 6.45) is 1.53. The summed E-state index contributed by atoms with van der Waals surface area (Å²) >= 11 is 0. The number of hydrogen-bond acceptors (Lipinski definition) is 4.